The third-order valence-electron chi connectivity index (χ3n) is 2.47. The van der Waals surface area contributed by atoms with Gasteiger partial charge in [0.1, 0.15) is 0 Å². The van der Waals surface area contributed by atoms with Gasteiger partial charge in [0.15, 0.2) is 5.92 Å². The van der Waals surface area contributed by atoms with E-state index < -0.39 is 17.7 Å². The van der Waals surface area contributed by atoms with Gasteiger partial charge in [-0.05, 0) is 24.0 Å². The zero-order chi connectivity index (χ0) is 13.7. The first kappa shape index (κ1) is 13.3. The molecule has 1 atom stereocenters. The SMILES string of the molecule is CSc1ccc(/C=N\NC(=O)[C@@H]2C=NNC2=O)cc1. The molecule has 2 amide bonds. The van der Waals surface area contributed by atoms with E-state index >= 15 is 0 Å². The van der Waals surface area contributed by atoms with Gasteiger partial charge in [-0.1, -0.05) is 12.1 Å². The Kier molecular flexibility index (Phi) is 4.30. The molecule has 0 bridgehead atoms. The Balaban J connectivity index is 1.90. The van der Waals surface area contributed by atoms with Crippen LogP contribution < -0.4 is 10.9 Å². The lowest BCUT2D eigenvalue weighted by atomic mass is 10.1. The number of rotatable bonds is 4. The first-order valence-electron chi connectivity index (χ1n) is 5.50. The lowest BCUT2D eigenvalue weighted by Gasteiger charge is -2.02. The minimum atomic E-state index is -0.906. The van der Waals surface area contributed by atoms with Gasteiger partial charge >= 0.3 is 0 Å². The standard InChI is InChI=1S/C12H12N4O2S/c1-19-9-4-2-8(3-5-9)6-13-15-11(17)10-7-14-16-12(10)18/h2-7,10H,1H3,(H,15,17)(H,16,18)/b13-6-/t10-/m0/s1. The molecule has 7 heteroatoms. The van der Waals surface area contributed by atoms with Crippen molar-refractivity contribution in [2.75, 3.05) is 6.26 Å². The first-order valence-corrected chi connectivity index (χ1v) is 6.73. The second kappa shape index (κ2) is 6.14. The number of carbonyl (C=O) groups is 2. The highest BCUT2D eigenvalue weighted by Crippen LogP contribution is 2.13. The summed E-state index contributed by atoms with van der Waals surface area (Å²) in [5.74, 6) is -1.86. The Hall–Kier alpha value is -2.15. The van der Waals surface area contributed by atoms with Gasteiger partial charge in [0, 0.05) is 11.1 Å². The van der Waals surface area contributed by atoms with Gasteiger partial charge in [-0.3, -0.25) is 9.59 Å². The molecule has 0 unspecified atom stereocenters. The molecule has 19 heavy (non-hydrogen) atoms. The Bertz CT molecular complexity index is 539. The molecule has 1 aliphatic heterocycles. The molecule has 2 rings (SSSR count). The van der Waals surface area contributed by atoms with Crippen LogP contribution in [0, 0.1) is 5.92 Å². The predicted octanol–water partition coefficient (Wildman–Crippen LogP) is 0.590. The molecule has 0 saturated heterocycles. The molecule has 1 heterocycles. The van der Waals surface area contributed by atoms with E-state index in [0.29, 0.717) is 0 Å². The molecular weight excluding hydrogens is 264 g/mol. The molecule has 1 aromatic carbocycles. The largest absolute Gasteiger partial charge is 0.272 e. The molecule has 0 aliphatic carbocycles. The van der Waals surface area contributed by atoms with Crippen LogP contribution in [0.25, 0.3) is 0 Å². The van der Waals surface area contributed by atoms with Crippen LogP contribution in [0.15, 0.2) is 39.4 Å². The highest BCUT2D eigenvalue weighted by atomic mass is 32.2. The van der Waals surface area contributed by atoms with Crippen LogP contribution in [0.4, 0.5) is 0 Å². The van der Waals surface area contributed by atoms with E-state index in [4.69, 9.17) is 0 Å². The Morgan fingerprint density at radius 2 is 2.21 bits per heavy atom. The van der Waals surface area contributed by atoms with Crippen molar-refractivity contribution >= 4 is 36.0 Å². The number of benzene rings is 1. The smallest absolute Gasteiger partial charge is 0.258 e. The Morgan fingerprint density at radius 3 is 2.79 bits per heavy atom. The minimum Gasteiger partial charge on any atom is -0.272 e. The molecule has 98 valence electrons. The number of hydrogen-bond donors (Lipinski definition) is 2. The highest BCUT2D eigenvalue weighted by molar-refractivity contribution is 7.98. The van der Waals surface area contributed by atoms with Crippen molar-refractivity contribution in [3.63, 3.8) is 0 Å². The number of nitrogens with zero attached hydrogens (tertiary/aromatic N) is 2. The average molecular weight is 276 g/mol. The van der Waals surface area contributed by atoms with E-state index in [1.165, 1.54) is 12.4 Å². The van der Waals surface area contributed by atoms with Gasteiger partial charge in [0.25, 0.3) is 11.8 Å². The van der Waals surface area contributed by atoms with Crippen LogP contribution in [0.1, 0.15) is 5.56 Å². The van der Waals surface area contributed by atoms with Crippen molar-refractivity contribution in [3.8, 4) is 0 Å². The Labute approximate surface area is 114 Å². The van der Waals surface area contributed by atoms with Crippen molar-refractivity contribution in [2.24, 2.45) is 16.1 Å². The minimum absolute atomic E-state index is 0.447. The second-order valence-electron chi connectivity index (χ2n) is 3.74. The molecule has 1 aliphatic rings. The first-order chi connectivity index (χ1) is 9.20. The lowest BCUT2D eigenvalue weighted by Crippen LogP contribution is -2.34. The third-order valence-corrected chi connectivity index (χ3v) is 3.21. The van der Waals surface area contributed by atoms with Crippen LogP contribution in [0.2, 0.25) is 0 Å². The zero-order valence-corrected chi connectivity index (χ0v) is 11.0. The van der Waals surface area contributed by atoms with Crippen molar-refractivity contribution < 1.29 is 9.59 Å². The van der Waals surface area contributed by atoms with Crippen molar-refractivity contribution in [2.45, 2.75) is 4.90 Å². The molecular formula is C12H12N4O2S. The number of nitrogens with one attached hydrogen (secondary N) is 2. The summed E-state index contributed by atoms with van der Waals surface area (Å²) in [6, 6.07) is 7.71. The average Bonchev–Trinajstić information content (AvgIpc) is 2.86. The molecule has 6 nitrogen and oxygen atoms in total. The van der Waals surface area contributed by atoms with Gasteiger partial charge in [0.05, 0.1) is 6.21 Å². The maximum atomic E-state index is 11.6. The third kappa shape index (κ3) is 3.41. The molecule has 0 fully saturated rings. The maximum Gasteiger partial charge on any atom is 0.258 e. The molecule has 0 saturated carbocycles. The van der Waals surface area contributed by atoms with Gasteiger partial charge in [-0.15, -0.1) is 11.8 Å². The molecule has 0 aromatic heterocycles. The van der Waals surface area contributed by atoms with Crippen LogP contribution >= 0.6 is 11.8 Å². The molecule has 1 aromatic rings. The number of carbonyl (C=O) groups excluding carboxylic acids is 2. The van der Waals surface area contributed by atoms with Crippen LogP contribution in [0.5, 0.6) is 0 Å². The van der Waals surface area contributed by atoms with Gasteiger partial charge in [-0.25, -0.2) is 10.9 Å². The monoisotopic (exact) mass is 276 g/mol. The van der Waals surface area contributed by atoms with Crippen molar-refractivity contribution in [3.05, 3.63) is 29.8 Å². The maximum absolute atomic E-state index is 11.6. The van der Waals surface area contributed by atoms with E-state index in [9.17, 15) is 9.59 Å². The van der Waals surface area contributed by atoms with Crippen LogP contribution in [-0.2, 0) is 9.59 Å². The quantitative estimate of drug-likeness (QED) is 0.365. The normalized spacial score (nSPS) is 17.7. The fourth-order valence-corrected chi connectivity index (χ4v) is 1.84. The predicted molar refractivity (Wildman–Crippen MR) is 74.1 cm³/mol. The summed E-state index contributed by atoms with van der Waals surface area (Å²) in [6.07, 6.45) is 4.77. The molecule has 0 spiro atoms. The number of amides is 2. The van der Waals surface area contributed by atoms with Crippen molar-refractivity contribution in [1.82, 2.24) is 10.9 Å². The summed E-state index contributed by atoms with van der Waals surface area (Å²) in [4.78, 5) is 23.9. The second-order valence-corrected chi connectivity index (χ2v) is 4.62. The van der Waals surface area contributed by atoms with E-state index in [0.717, 1.165) is 10.5 Å². The number of thioether (sulfide) groups is 1. The fourth-order valence-electron chi connectivity index (χ4n) is 1.43. The zero-order valence-electron chi connectivity index (χ0n) is 10.2. The highest BCUT2D eigenvalue weighted by Gasteiger charge is 2.28. The van der Waals surface area contributed by atoms with Gasteiger partial charge in [0.2, 0.25) is 0 Å². The van der Waals surface area contributed by atoms with Gasteiger partial charge < -0.3 is 0 Å². The summed E-state index contributed by atoms with van der Waals surface area (Å²) in [5, 5.41) is 7.32. The van der Waals surface area contributed by atoms with Gasteiger partial charge in [-0.2, -0.15) is 10.2 Å². The van der Waals surface area contributed by atoms with E-state index in [1.54, 1.807) is 11.8 Å². The Morgan fingerprint density at radius 1 is 1.47 bits per heavy atom. The van der Waals surface area contributed by atoms with Crippen LogP contribution in [0.3, 0.4) is 0 Å². The summed E-state index contributed by atoms with van der Waals surface area (Å²) < 4.78 is 0. The van der Waals surface area contributed by atoms with Crippen molar-refractivity contribution in [1.29, 1.82) is 0 Å². The summed E-state index contributed by atoms with van der Waals surface area (Å²) >= 11 is 1.65. The number of hydrogen-bond acceptors (Lipinski definition) is 5. The van der Waals surface area contributed by atoms with E-state index in [1.807, 2.05) is 30.5 Å². The topological polar surface area (TPSA) is 82.9 Å². The molecule has 0 radical (unpaired) electrons. The number of hydrazone groups is 2. The molecule has 2 N–H and O–H groups in total. The lowest BCUT2D eigenvalue weighted by molar-refractivity contribution is -0.131. The summed E-state index contributed by atoms with van der Waals surface area (Å²) in [7, 11) is 0. The fraction of sp³-hybridized carbons (Fsp3) is 0.167. The van der Waals surface area contributed by atoms with E-state index in [-0.39, 0.29) is 0 Å². The summed E-state index contributed by atoms with van der Waals surface area (Å²) in [5.41, 5.74) is 5.36. The van der Waals surface area contributed by atoms with Crippen LogP contribution in [-0.4, -0.2) is 30.5 Å². The van der Waals surface area contributed by atoms with E-state index in [2.05, 4.69) is 21.1 Å². The summed E-state index contributed by atoms with van der Waals surface area (Å²) in [6.45, 7) is 0.